The average molecular weight is 403 g/mol. The number of hydrogen-bond donors (Lipinski definition) is 1. The second kappa shape index (κ2) is 9.22. The molecule has 0 aliphatic heterocycles. The number of rotatable bonds is 8. The second-order valence-electron chi connectivity index (χ2n) is 6.99. The Morgan fingerprint density at radius 1 is 1.00 bits per heavy atom. The summed E-state index contributed by atoms with van der Waals surface area (Å²) < 4.78 is 21.4. The molecule has 0 bridgehead atoms. The number of carbonyl (C=O) groups is 1. The van der Waals surface area contributed by atoms with Crippen LogP contribution in [0.2, 0.25) is 0 Å². The Labute approximate surface area is 174 Å². The number of amides is 1. The minimum Gasteiger partial charge on any atom is -0.461 e. The van der Waals surface area contributed by atoms with Gasteiger partial charge < -0.3 is 9.73 Å². The average Bonchev–Trinajstić information content (AvgIpc) is 3.44. The molecule has 0 atom stereocenters. The van der Waals surface area contributed by atoms with Gasteiger partial charge >= 0.3 is 0 Å². The molecule has 0 radical (unpaired) electrons. The van der Waals surface area contributed by atoms with Crippen molar-refractivity contribution in [2.45, 2.75) is 25.9 Å². The van der Waals surface area contributed by atoms with E-state index < -0.39 is 0 Å². The summed E-state index contributed by atoms with van der Waals surface area (Å²) in [5, 5.41) is 7.20. The van der Waals surface area contributed by atoms with E-state index in [0.29, 0.717) is 43.0 Å². The van der Waals surface area contributed by atoms with E-state index in [4.69, 9.17) is 4.42 Å². The SMILES string of the molecule is O=C(CCc1ccc(-c2ccccc2F)o1)NCc1ccccc1Cn1cccn1. The molecule has 152 valence electrons. The van der Waals surface area contributed by atoms with Gasteiger partial charge in [-0.1, -0.05) is 36.4 Å². The van der Waals surface area contributed by atoms with Gasteiger partial charge in [0.05, 0.1) is 12.1 Å². The fraction of sp³-hybridized carbons (Fsp3) is 0.167. The van der Waals surface area contributed by atoms with Crippen LogP contribution in [0.3, 0.4) is 0 Å². The minimum absolute atomic E-state index is 0.0623. The van der Waals surface area contributed by atoms with Crippen LogP contribution < -0.4 is 5.32 Å². The van der Waals surface area contributed by atoms with Gasteiger partial charge in [-0.25, -0.2) is 4.39 Å². The summed E-state index contributed by atoms with van der Waals surface area (Å²) in [6, 6.07) is 19.9. The largest absolute Gasteiger partial charge is 0.461 e. The maximum atomic E-state index is 13.9. The molecular formula is C24H22FN3O2. The monoisotopic (exact) mass is 403 g/mol. The molecule has 0 saturated heterocycles. The predicted octanol–water partition coefficient (Wildman–Crippen LogP) is 4.58. The molecule has 2 aromatic heterocycles. The van der Waals surface area contributed by atoms with E-state index in [9.17, 15) is 9.18 Å². The fourth-order valence-corrected chi connectivity index (χ4v) is 3.29. The van der Waals surface area contributed by atoms with E-state index >= 15 is 0 Å². The van der Waals surface area contributed by atoms with E-state index in [2.05, 4.69) is 10.4 Å². The highest BCUT2D eigenvalue weighted by molar-refractivity contribution is 5.76. The predicted molar refractivity (Wildman–Crippen MR) is 112 cm³/mol. The van der Waals surface area contributed by atoms with Crippen LogP contribution in [0.5, 0.6) is 0 Å². The third-order valence-corrected chi connectivity index (χ3v) is 4.89. The lowest BCUT2D eigenvalue weighted by Crippen LogP contribution is -2.23. The number of halogens is 1. The number of nitrogens with zero attached hydrogens (tertiary/aromatic N) is 2. The molecule has 1 N–H and O–H groups in total. The summed E-state index contributed by atoms with van der Waals surface area (Å²) in [5.74, 6) is 0.733. The maximum Gasteiger partial charge on any atom is 0.220 e. The Bertz CT molecular complexity index is 1120. The molecule has 4 rings (SSSR count). The zero-order valence-electron chi connectivity index (χ0n) is 16.4. The molecule has 30 heavy (non-hydrogen) atoms. The first-order valence-corrected chi connectivity index (χ1v) is 9.83. The van der Waals surface area contributed by atoms with Crippen molar-refractivity contribution < 1.29 is 13.6 Å². The molecule has 2 aromatic carbocycles. The highest BCUT2D eigenvalue weighted by Gasteiger charge is 2.11. The highest BCUT2D eigenvalue weighted by atomic mass is 19.1. The Kier molecular flexibility index (Phi) is 6.03. The molecule has 0 saturated carbocycles. The highest BCUT2D eigenvalue weighted by Crippen LogP contribution is 2.25. The zero-order chi connectivity index (χ0) is 20.8. The summed E-state index contributed by atoms with van der Waals surface area (Å²) in [7, 11) is 0. The van der Waals surface area contributed by atoms with Gasteiger partial charge in [0, 0.05) is 31.8 Å². The number of nitrogens with one attached hydrogen (secondary N) is 1. The molecule has 0 aliphatic carbocycles. The first kappa shape index (κ1) is 19.6. The standard InChI is InChI=1S/C24H22FN3O2/c25-22-9-4-3-8-21(22)23-12-10-20(30-23)11-13-24(29)26-16-18-6-1-2-7-19(18)17-28-15-5-14-27-28/h1-10,12,14-15H,11,13,16-17H2,(H,26,29). The molecule has 6 heteroatoms. The Hall–Kier alpha value is -3.67. The third-order valence-electron chi connectivity index (χ3n) is 4.89. The second-order valence-corrected chi connectivity index (χ2v) is 6.99. The van der Waals surface area contributed by atoms with Gasteiger partial charge in [-0.2, -0.15) is 5.10 Å². The minimum atomic E-state index is -0.329. The smallest absolute Gasteiger partial charge is 0.220 e. The van der Waals surface area contributed by atoms with Gasteiger partial charge in [0.1, 0.15) is 17.3 Å². The van der Waals surface area contributed by atoms with Gasteiger partial charge in [0.15, 0.2) is 0 Å². The van der Waals surface area contributed by atoms with E-state index in [1.54, 1.807) is 36.5 Å². The summed E-state index contributed by atoms with van der Waals surface area (Å²) in [6.07, 6.45) is 4.41. The molecule has 2 heterocycles. The maximum absolute atomic E-state index is 13.9. The quantitative estimate of drug-likeness (QED) is 0.468. The zero-order valence-corrected chi connectivity index (χ0v) is 16.4. The van der Waals surface area contributed by atoms with Gasteiger partial charge in [0.25, 0.3) is 0 Å². The van der Waals surface area contributed by atoms with Crippen LogP contribution in [0.15, 0.2) is 83.5 Å². The summed E-state index contributed by atoms with van der Waals surface area (Å²) in [4.78, 5) is 12.3. The Morgan fingerprint density at radius 2 is 1.80 bits per heavy atom. The lowest BCUT2D eigenvalue weighted by molar-refractivity contribution is -0.121. The number of benzene rings is 2. The van der Waals surface area contributed by atoms with Crippen molar-refractivity contribution in [3.05, 3.63) is 102 Å². The number of carbonyl (C=O) groups excluding carboxylic acids is 1. The van der Waals surface area contributed by atoms with Crippen molar-refractivity contribution >= 4 is 5.91 Å². The van der Waals surface area contributed by atoms with Crippen LogP contribution in [-0.4, -0.2) is 15.7 Å². The molecule has 0 unspecified atom stereocenters. The van der Waals surface area contributed by atoms with E-state index in [1.165, 1.54) is 6.07 Å². The van der Waals surface area contributed by atoms with Gasteiger partial charge in [-0.05, 0) is 41.5 Å². The molecule has 0 spiro atoms. The lowest BCUT2D eigenvalue weighted by atomic mass is 10.1. The molecule has 5 nitrogen and oxygen atoms in total. The molecular weight excluding hydrogens is 381 g/mol. The number of aromatic nitrogens is 2. The molecule has 0 fully saturated rings. The van der Waals surface area contributed by atoms with Gasteiger partial charge in [-0.3, -0.25) is 9.48 Å². The summed E-state index contributed by atoms with van der Waals surface area (Å²) in [5.41, 5.74) is 2.59. The van der Waals surface area contributed by atoms with Crippen molar-refractivity contribution in [1.82, 2.24) is 15.1 Å². The fourth-order valence-electron chi connectivity index (χ4n) is 3.29. The lowest BCUT2D eigenvalue weighted by Gasteiger charge is -2.11. The Morgan fingerprint density at radius 3 is 2.60 bits per heavy atom. The summed E-state index contributed by atoms with van der Waals surface area (Å²) in [6.45, 7) is 1.11. The van der Waals surface area contributed by atoms with Crippen LogP contribution in [0.25, 0.3) is 11.3 Å². The normalized spacial score (nSPS) is 10.8. The molecule has 1 amide bonds. The molecule has 4 aromatic rings. The van der Waals surface area contributed by atoms with Gasteiger partial charge in [-0.15, -0.1) is 0 Å². The van der Waals surface area contributed by atoms with Crippen molar-refractivity contribution in [2.75, 3.05) is 0 Å². The van der Waals surface area contributed by atoms with Crippen molar-refractivity contribution in [1.29, 1.82) is 0 Å². The first-order chi connectivity index (χ1) is 14.7. The number of aryl methyl sites for hydroxylation is 1. The van der Waals surface area contributed by atoms with Crippen molar-refractivity contribution in [2.24, 2.45) is 0 Å². The summed E-state index contributed by atoms with van der Waals surface area (Å²) >= 11 is 0. The van der Waals surface area contributed by atoms with Crippen LogP contribution in [0.1, 0.15) is 23.3 Å². The van der Waals surface area contributed by atoms with E-state index in [0.717, 1.165) is 11.1 Å². The van der Waals surface area contributed by atoms with Crippen LogP contribution in [0.4, 0.5) is 4.39 Å². The molecule has 0 aliphatic rings. The van der Waals surface area contributed by atoms with Crippen molar-refractivity contribution in [3.63, 3.8) is 0 Å². The van der Waals surface area contributed by atoms with E-state index in [1.807, 2.05) is 41.2 Å². The van der Waals surface area contributed by atoms with E-state index in [-0.39, 0.29) is 11.7 Å². The Balaban J connectivity index is 1.31. The van der Waals surface area contributed by atoms with Crippen molar-refractivity contribution in [3.8, 4) is 11.3 Å². The number of hydrogen-bond acceptors (Lipinski definition) is 3. The topological polar surface area (TPSA) is 60.1 Å². The van der Waals surface area contributed by atoms with Crippen LogP contribution in [-0.2, 0) is 24.3 Å². The van der Waals surface area contributed by atoms with Crippen LogP contribution >= 0.6 is 0 Å². The first-order valence-electron chi connectivity index (χ1n) is 9.83. The van der Waals surface area contributed by atoms with Crippen LogP contribution in [0, 0.1) is 5.82 Å². The van der Waals surface area contributed by atoms with Gasteiger partial charge in [0.2, 0.25) is 5.91 Å². The third kappa shape index (κ3) is 4.84. The number of furan rings is 1.